The number of alkyl halides is 3. The van der Waals surface area contributed by atoms with Crippen LogP contribution in [0.25, 0.3) is 50.1 Å². The Balaban J connectivity index is 1.33. The molecule has 4 aromatic carbocycles. The molecular formula is C38H20F3N6OSi+3. The Bertz CT molecular complexity index is 2900. The van der Waals surface area contributed by atoms with Crippen molar-refractivity contribution in [3.8, 4) is 39.8 Å². The van der Waals surface area contributed by atoms with Crippen LogP contribution in [0.4, 0.5) is 18.9 Å². The van der Waals surface area contributed by atoms with Gasteiger partial charge in [0.1, 0.15) is 10.2 Å². The summed E-state index contributed by atoms with van der Waals surface area (Å²) in [7, 11) is -2.99. The van der Waals surface area contributed by atoms with Gasteiger partial charge in [-0.05, 0) is 51.8 Å². The Kier molecular flexibility index (Phi) is 3.83. The van der Waals surface area contributed by atoms with Crippen LogP contribution in [0.1, 0.15) is 5.69 Å². The Hall–Kier alpha value is -6.04. The molecule has 1 unspecified atom stereocenters. The van der Waals surface area contributed by atoms with Crippen LogP contribution in [0.5, 0.6) is 11.6 Å². The van der Waals surface area contributed by atoms with E-state index < -0.39 is 19.9 Å². The first-order valence-corrected chi connectivity index (χ1v) is 18.1. The smallest absolute Gasteiger partial charge is 0.394 e. The molecule has 8 aromatic rings. The predicted octanol–water partition coefficient (Wildman–Crippen LogP) is 4.34. The molecule has 0 saturated heterocycles. The second-order valence-corrected chi connectivity index (χ2v) is 17.0. The van der Waals surface area contributed by atoms with Crippen LogP contribution in [0.15, 0.2) is 121 Å². The number of aromatic nitrogens is 5. The molecule has 0 amide bonds. The second kappa shape index (κ2) is 7.49. The van der Waals surface area contributed by atoms with Crippen molar-refractivity contribution < 1.29 is 27.3 Å². The van der Waals surface area contributed by atoms with Crippen LogP contribution >= 0.6 is 0 Å². The van der Waals surface area contributed by atoms with E-state index in [-0.39, 0.29) is 4.81 Å². The summed E-state index contributed by atoms with van der Waals surface area (Å²) in [6.07, 6.45) is -2.68. The molecule has 7 nitrogen and oxygen atoms in total. The van der Waals surface area contributed by atoms with E-state index >= 15 is 0 Å². The van der Waals surface area contributed by atoms with E-state index in [9.17, 15) is 13.2 Å². The highest BCUT2D eigenvalue weighted by atomic mass is 28.3. The number of hydrogen-bond acceptors (Lipinski definition) is 2. The summed E-state index contributed by atoms with van der Waals surface area (Å²) < 4.78 is 56.6. The number of halogens is 3. The van der Waals surface area contributed by atoms with E-state index in [1.165, 1.54) is 36.7 Å². The van der Waals surface area contributed by atoms with E-state index in [0.29, 0.717) is 23.0 Å². The highest BCUT2D eigenvalue weighted by molar-refractivity contribution is 7.23. The average Bonchev–Trinajstić information content (AvgIpc) is 3.86. The molecule has 5 aliphatic rings. The SMILES string of the molecule is FC(F)(F)c1cc2n(n1)[N+]13c4c(ccc5c4-n4c6c(cccc6c6ccc[n+]1c64)[Si]51c4ccccc4-c4ccccc41)Oc1cccc-2[n+]13. The topological polar surface area (TPSA) is 39.7 Å². The molecule has 13 rings (SSSR count). The van der Waals surface area contributed by atoms with Gasteiger partial charge in [0.05, 0.1) is 11.5 Å². The summed E-state index contributed by atoms with van der Waals surface area (Å²) in [5.74, 6) is 1.09. The number of quaternary nitrogens is 1. The molecule has 11 heteroatoms. The van der Waals surface area contributed by atoms with Gasteiger partial charge >= 0.3 is 29.1 Å². The minimum Gasteiger partial charge on any atom is -0.394 e. The van der Waals surface area contributed by atoms with Crippen molar-refractivity contribution in [2.45, 2.75) is 6.18 Å². The van der Waals surface area contributed by atoms with Crippen LogP contribution in [0.2, 0.25) is 0 Å². The van der Waals surface area contributed by atoms with Gasteiger partial charge in [0.15, 0.2) is 20.0 Å². The molecule has 4 aromatic heterocycles. The van der Waals surface area contributed by atoms with Crippen LogP contribution in [0.3, 0.4) is 0 Å². The molecule has 0 aliphatic carbocycles. The van der Waals surface area contributed by atoms with E-state index in [1.807, 2.05) is 41.2 Å². The van der Waals surface area contributed by atoms with Gasteiger partial charge in [-0.1, -0.05) is 66.7 Å². The van der Waals surface area contributed by atoms with E-state index in [1.54, 1.807) is 0 Å². The number of rotatable bonds is 0. The standard InChI is InChI=1S/C38H20F3N6OSi/c39-38(40,41)32-20-26-25-12-6-16-33-45(25)47(46(26)42-32)36-27(48-33)17-18-31-35(36)44-34-23(24-11-7-19-43(47)37(24)44)10-5-15-30(34)49(31)28-13-3-1-8-21(28)22-9-2-4-14-29(22)49/h1-20H/q+3. The van der Waals surface area contributed by atoms with Crippen LogP contribution in [0, 0.1) is 0 Å². The lowest BCUT2D eigenvalue weighted by atomic mass is 10.1. The largest absolute Gasteiger partial charge is 0.438 e. The predicted molar refractivity (Wildman–Crippen MR) is 178 cm³/mol. The van der Waals surface area contributed by atoms with Gasteiger partial charge in [-0.2, -0.15) is 17.7 Å². The number of nitrogens with zero attached hydrogens (tertiary/aromatic N) is 6. The molecule has 1 atom stereocenters. The van der Waals surface area contributed by atoms with Crippen molar-refractivity contribution in [3.63, 3.8) is 0 Å². The van der Waals surface area contributed by atoms with Crippen molar-refractivity contribution in [2.24, 2.45) is 0 Å². The zero-order chi connectivity index (χ0) is 32.2. The van der Waals surface area contributed by atoms with Gasteiger partial charge in [0, 0.05) is 37.4 Å². The van der Waals surface area contributed by atoms with E-state index in [0.717, 1.165) is 39.4 Å². The maximum Gasteiger partial charge on any atom is 0.438 e. The summed E-state index contributed by atoms with van der Waals surface area (Å²) in [6.45, 7) is 0. The number of para-hydroxylation sites is 1. The van der Waals surface area contributed by atoms with Crippen LogP contribution < -0.4 is 39.6 Å². The molecule has 49 heavy (non-hydrogen) atoms. The Morgan fingerprint density at radius 2 is 1.47 bits per heavy atom. The molecule has 0 fully saturated rings. The zero-order valence-electron chi connectivity index (χ0n) is 25.3. The lowest BCUT2D eigenvalue weighted by molar-refractivity contribution is -1.05. The fraction of sp³-hybridized carbons (Fsp3) is 0.0263. The Labute approximate surface area is 275 Å². The summed E-state index contributed by atoms with van der Waals surface area (Å²) in [5, 5.41) is 11.6. The van der Waals surface area contributed by atoms with Gasteiger partial charge in [0.25, 0.3) is 0 Å². The molecule has 0 N–H and O–H groups in total. The van der Waals surface area contributed by atoms with Crippen molar-refractivity contribution in [1.29, 1.82) is 0 Å². The van der Waals surface area contributed by atoms with E-state index in [2.05, 4.69) is 93.2 Å². The first-order chi connectivity index (χ1) is 23.9. The lowest BCUT2D eigenvalue weighted by Gasteiger charge is -2.38. The monoisotopic (exact) mass is 661 g/mol. The van der Waals surface area contributed by atoms with Crippen molar-refractivity contribution in [3.05, 3.63) is 127 Å². The number of benzene rings is 4. The molecule has 9 heterocycles. The molecular weight excluding hydrogens is 642 g/mol. The van der Waals surface area contributed by atoms with Crippen molar-refractivity contribution in [2.75, 3.05) is 0 Å². The fourth-order valence-electron chi connectivity index (χ4n) is 9.83. The number of ether oxygens (including phenoxy) is 1. The molecule has 5 aliphatic heterocycles. The third kappa shape index (κ3) is 2.35. The first kappa shape index (κ1) is 25.0. The maximum atomic E-state index is 14.5. The summed E-state index contributed by atoms with van der Waals surface area (Å²) in [5.41, 5.74) is 6.16. The summed E-state index contributed by atoms with van der Waals surface area (Å²) in [4.78, 5) is 1.25. The van der Waals surface area contributed by atoms with Gasteiger partial charge in [0.2, 0.25) is 21.9 Å². The van der Waals surface area contributed by atoms with Gasteiger partial charge in [-0.15, -0.1) is 5.10 Å². The van der Waals surface area contributed by atoms with Gasteiger partial charge in [-0.25, -0.2) is 0 Å². The molecule has 0 bridgehead atoms. The average molecular weight is 662 g/mol. The van der Waals surface area contributed by atoms with Crippen molar-refractivity contribution in [1.82, 2.24) is 19.3 Å². The van der Waals surface area contributed by atoms with E-state index in [4.69, 9.17) is 4.74 Å². The second-order valence-electron chi connectivity index (χ2n) is 13.3. The van der Waals surface area contributed by atoms with Crippen LogP contribution in [-0.4, -0.2) is 22.5 Å². The Morgan fingerprint density at radius 3 is 2.27 bits per heavy atom. The van der Waals surface area contributed by atoms with Gasteiger partial charge < -0.3 is 4.74 Å². The zero-order valence-corrected chi connectivity index (χ0v) is 26.3. The molecule has 0 saturated carbocycles. The maximum absolute atomic E-state index is 14.5. The Morgan fingerprint density at radius 1 is 0.735 bits per heavy atom. The molecule has 2 spiro atoms. The van der Waals surface area contributed by atoms with Crippen molar-refractivity contribution >= 4 is 56.4 Å². The molecule has 0 radical (unpaired) electrons. The molecule has 230 valence electrons. The summed E-state index contributed by atoms with van der Waals surface area (Å²) >= 11 is 0. The third-order valence-corrected chi connectivity index (χ3v) is 16.3. The van der Waals surface area contributed by atoms with Crippen LogP contribution in [-0.2, 0) is 6.18 Å². The number of pyridine rings is 2. The minimum absolute atomic E-state index is 0.286. The minimum atomic E-state index is -4.63. The van der Waals surface area contributed by atoms with Gasteiger partial charge in [-0.3, -0.25) is 0 Å². The normalized spacial score (nSPS) is 18.5. The quantitative estimate of drug-likeness (QED) is 0.138. The lowest BCUT2D eigenvalue weighted by Crippen LogP contribution is -2.89. The highest BCUT2D eigenvalue weighted by Crippen LogP contribution is 2.52. The number of hydrogen-bond donors (Lipinski definition) is 0. The summed E-state index contributed by atoms with van der Waals surface area (Å²) in [6, 6.07) is 39.2. The highest BCUT2D eigenvalue weighted by Gasteiger charge is 2.73. The third-order valence-electron chi connectivity index (χ3n) is 11.3. The fourth-order valence-corrected chi connectivity index (χ4v) is 15.4. The number of fused-ring (bicyclic) bond motifs is 10. The first-order valence-electron chi connectivity index (χ1n) is 16.1.